The van der Waals surface area contributed by atoms with Gasteiger partial charge in [-0.2, -0.15) is 0 Å². The van der Waals surface area contributed by atoms with Gasteiger partial charge in [0, 0.05) is 12.1 Å². The minimum Gasteiger partial charge on any atom is -0.476 e. The van der Waals surface area contributed by atoms with Gasteiger partial charge >= 0.3 is 5.97 Å². The summed E-state index contributed by atoms with van der Waals surface area (Å²) < 4.78 is 1.69. The predicted molar refractivity (Wildman–Crippen MR) is 86.0 cm³/mol. The molecule has 0 saturated carbocycles. The minimum atomic E-state index is -1.04. The van der Waals surface area contributed by atoms with Crippen LogP contribution in [0.25, 0.3) is 11.3 Å². The molecular weight excluding hydrogens is 278 g/mol. The molecule has 1 N–H and O–H groups in total. The van der Waals surface area contributed by atoms with E-state index in [1.165, 1.54) is 5.56 Å². The Morgan fingerprint density at radius 2 is 1.86 bits per heavy atom. The summed E-state index contributed by atoms with van der Waals surface area (Å²) in [6.45, 7) is 9.22. The van der Waals surface area contributed by atoms with Crippen LogP contribution in [-0.2, 0) is 12.0 Å². The van der Waals surface area contributed by atoms with E-state index in [9.17, 15) is 9.90 Å². The second kappa shape index (κ2) is 6.30. The van der Waals surface area contributed by atoms with E-state index in [1.54, 1.807) is 4.68 Å². The lowest BCUT2D eigenvalue weighted by molar-refractivity contribution is 0.0691. The second-order valence-corrected chi connectivity index (χ2v) is 6.50. The van der Waals surface area contributed by atoms with Crippen molar-refractivity contribution < 1.29 is 9.90 Å². The molecule has 0 unspecified atom stereocenters. The molecule has 0 aliphatic rings. The molecule has 1 aromatic carbocycles. The average Bonchev–Trinajstić information content (AvgIpc) is 2.88. The predicted octanol–water partition coefficient (Wildman–Crippen LogP) is 3.74. The summed E-state index contributed by atoms with van der Waals surface area (Å²) in [6, 6.07) is 7.98. The van der Waals surface area contributed by atoms with Crippen LogP contribution in [0.5, 0.6) is 0 Å². The van der Waals surface area contributed by atoms with Crippen LogP contribution in [0.3, 0.4) is 0 Å². The fourth-order valence-corrected chi connectivity index (χ4v) is 2.34. The van der Waals surface area contributed by atoms with Gasteiger partial charge < -0.3 is 5.11 Å². The maximum Gasteiger partial charge on any atom is 0.358 e. The number of rotatable bonds is 5. The molecule has 5 heteroatoms. The van der Waals surface area contributed by atoms with Crippen molar-refractivity contribution in [3.05, 3.63) is 35.5 Å². The Morgan fingerprint density at radius 3 is 2.36 bits per heavy atom. The smallest absolute Gasteiger partial charge is 0.358 e. The lowest BCUT2D eigenvalue weighted by Crippen LogP contribution is -2.11. The van der Waals surface area contributed by atoms with Gasteiger partial charge in [0.2, 0.25) is 0 Å². The van der Waals surface area contributed by atoms with Gasteiger partial charge in [0.1, 0.15) is 5.69 Å². The molecule has 0 radical (unpaired) electrons. The Bertz CT molecular complexity index is 652. The molecule has 0 saturated heterocycles. The normalized spacial score (nSPS) is 11.6. The zero-order valence-electron chi connectivity index (χ0n) is 13.6. The number of hydrogen-bond donors (Lipinski definition) is 1. The maximum atomic E-state index is 11.4. The lowest BCUT2D eigenvalue weighted by atomic mass is 9.86. The molecule has 22 heavy (non-hydrogen) atoms. The van der Waals surface area contributed by atoms with Crippen molar-refractivity contribution in [3.8, 4) is 11.3 Å². The van der Waals surface area contributed by atoms with Gasteiger partial charge in [-0.05, 0) is 17.4 Å². The third-order valence-electron chi connectivity index (χ3n) is 3.69. The average molecular weight is 301 g/mol. The minimum absolute atomic E-state index is 0.0135. The van der Waals surface area contributed by atoms with Crippen molar-refractivity contribution in [1.82, 2.24) is 15.0 Å². The van der Waals surface area contributed by atoms with Crippen molar-refractivity contribution in [2.24, 2.45) is 0 Å². The highest BCUT2D eigenvalue weighted by atomic mass is 16.4. The number of nitrogens with zero attached hydrogens (tertiary/aromatic N) is 3. The number of aromatic nitrogens is 3. The van der Waals surface area contributed by atoms with Crippen LogP contribution in [0, 0.1) is 0 Å². The van der Waals surface area contributed by atoms with Crippen molar-refractivity contribution in [2.75, 3.05) is 0 Å². The SMILES string of the molecule is CCCCn1nnc(C(=O)O)c1-c1ccc(C(C)(C)C)cc1. The van der Waals surface area contributed by atoms with Crippen LogP contribution in [0.4, 0.5) is 0 Å². The molecule has 5 nitrogen and oxygen atoms in total. The monoisotopic (exact) mass is 301 g/mol. The number of benzene rings is 1. The fraction of sp³-hybridized carbons (Fsp3) is 0.471. The van der Waals surface area contributed by atoms with Crippen molar-refractivity contribution in [1.29, 1.82) is 0 Å². The summed E-state index contributed by atoms with van der Waals surface area (Å²) in [5, 5.41) is 17.2. The summed E-state index contributed by atoms with van der Waals surface area (Å²) >= 11 is 0. The first kappa shape index (κ1) is 16.2. The molecule has 0 aliphatic carbocycles. The first-order valence-electron chi connectivity index (χ1n) is 7.62. The molecule has 1 aromatic heterocycles. The van der Waals surface area contributed by atoms with Gasteiger partial charge in [0.15, 0.2) is 5.69 Å². The Labute approximate surface area is 131 Å². The lowest BCUT2D eigenvalue weighted by Gasteiger charge is -2.19. The third-order valence-corrected chi connectivity index (χ3v) is 3.69. The number of unbranched alkanes of at least 4 members (excludes halogenated alkanes) is 1. The van der Waals surface area contributed by atoms with E-state index in [1.807, 2.05) is 24.3 Å². The van der Waals surface area contributed by atoms with E-state index in [-0.39, 0.29) is 11.1 Å². The van der Waals surface area contributed by atoms with E-state index in [0.717, 1.165) is 18.4 Å². The summed E-state index contributed by atoms with van der Waals surface area (Å²) in [7, 11) is 0. The van der Waals surface area contributed by atoms with E-state index >= 15 is 0 Å². The zero-order chi connectivity index (χ0) is 16.3. The molecule has 1 heterocycles. The first-order valence-corrected chi connectivity index (χ1v) is 7.62. The molecule has 0 aliphatic heterocycles. The van der Waals surface area contributed by atoms with Crippen LogP contribution in [-0.4, -0.2) is 26.1 Å². The molecule has 0 fully saturated rings. The van der Waals surface area contributed by atoms with Gasteiger partial charge in [0.05, 0.1) is 0 Å². The highest BCUT2D eigenvalue weighted by Crippen LogP contribution is 2.27. The van der Waals surface area contributed by atoms with Crippen LogP contribution < -0.4 is 0 Å². The summed E-state index contributed by atoms with van der Waals surface area (Å²) in [6.07, 6.45) is 1.96. The molecule has 0 atom stereocenters. The molecule has 0 amide bonds. The zero-order valence-corrected chi connectivity index (χ0v) is 13.6. The van der Waals surface area contributed by atoms with Crippen molar-refractivity contribution in [2.45, 2.75) is 52.5 Å². The van der Waals surface area contributed by atoms with Gasteiger partial charge in [-0.25, -0.2) is 9.48 Å². The topological polar surface area (TPSA) is 68.0 Å². The molecule has 0 spiro atoms. The number of aromatic carboxylic acids is 1. The van der Waals surface area contributed by atoms with Crippen molar-refractivity contribution in [3.63, 3.8) is 0 Å². The molecule has 2 rings (SSSR count). The number of carboxylic acids is 1. The first-order chi connectivity index (χ1) is 10.3. The molecular formula is C17H23N3O2. The van der Waals surface area contributed by atoms with E-state index in [4.69, 9.17) is 0 Å². The largest absolute Gasteiger partial charge is 0.476 e. The molecule has 0 bridgehead atoms. The highest BCUT2D eigenvalue weighted by molar-refractivity contribution is 5.92. The number of carbonyl (C=O) groups is 1. The summed E-state index contributed by atoms with van der Waals surface area (Å²) in [5.74, 6) is -1.04. The third kappa shape index (κ3) is 3.35. The molecule has 2 aromatic rings. The number of carboxylic acid groups (broad SMARTS) is 1. The maximum absolute atomic E-state index is 11.4. The second-order valence-electron chi connectivity index (χ2n) is 6.50. The quantitative estimate of drug-likeness (QED) is 0.913. The van der Waals surface area contributed by atoms with E-state index < -0.39 is 5.97 Å². The van der Waals surface area contributed by atoms with Crippen molar-refractivity contribution >= 4 is 5.97 Å². The standard InChI is InChI=1S/C17H23N3O2/c1-5-6-11-20-15(14(16(21)22)18-19-20)12-7-9-13(10-8-12)17(2,3)4/h7-10H,5-6,11H2,1-4H3,(H,21,22). The van der Waals surface area contributed by atoms with E-state index in [0.29, 0.717) is 12.2 Å². The van der Waals surface area contributed by atoms with Crippen LogP contribution in [0.2, 0.25) is 0 Å². The van der Waals surface area contributed by atoms with Crippen LogP contribution in [0.15, 0.2) is 24.3 Å². The Kier molecular flexibility index (Phi) is 4.64. The fourth-order valence-electron chi connectivity index (χ4n) is 2.34. The number of hydrogen-bond acceptors (Lipinski definition) is 3. The van der Waals surface area contributed by atoms with Gasteiger partial charge in [0.25, 0.3) is 0 Å². The van der Waals surface area contributed by atoms with Crippen LogP contribution in [0.1, 0.15) is 56.6 Å². The Morgan fingerprint density at radius 1 is 1.23 bits per heavy atom. The highest BCUT2D eigenvalue weighted by Gasteiger charge is 2.21. The van der Waals surface area contributed by atoms with E-state index in [2.05, 4.69) is 38.0 Å². The van der Waals surface area contributed by atoms with Gasteiger partial charge in [-0.1, -0.05) is 63.6 Å². The Hall–Kier alpha value is -2.17. The summed E-state index contributed by atoms with van der Waals surface area (Å²) in [5.41, 5.74) is 2.71. The van der Waals surface area contributed by atoms with Gasteiger partial charge in [-0.15, -0.1) is 5.10 Å². The number of aryl methyl sites for hydroxylation is 1. The van der Waals surface area contributed by atoms with Crippen LogP contribution >= 0.6 is 0 Å². The van der Waals surface area contributed by atoms with Gasteiger partial charge in [-0.3, -0.25) is 0 Å². The molecule has 118 valence electrons. The summed E-state index contributed by atoms with van der Waals surface area (Å²) in [4.78, 5) is 11.4. The Balaban J connectivity index is 2.45.